The molecule has 0 saturated carbocycles. The predicted octanol–water partition coefficient (Wildman–Crippen LogP) is 11.1. The standard InChI is InChI=1S/C11H11NO2.C11H9NO.C10H8O.C9H9NO.C9H8O.C9H4.C2H4O2.CH4.B9.Cl3OP.ClH.5W.5H2/c1-8-3-5-10(6-4-8)11(14)7-12-9(2)13;1-8-3-5-10(6-4-8)11-7-12-9(2)13-11;1-3-10(11)9-6-4-8(2)5-7-9;1-7-2-4-8(5-3-7)9(11)6-10;1-7-3-5-9(6-4-7)8(2)10;1-3-5-7-9-8-6-4-2;1-2(3)4;;1-6-9(7(2)3)8(4)5;1-5(2,3)4;;;;;;;;;;;/h3-5,7H,1-2H3,(H,12,13);3-5H,1-2H3;4-6H,1H2,2H3;2-4,6H,10H2,1H3;3-5H,2H2,1H3;1H,2H3;1H3,(H,3,4);1H4;;;1H;;;;;;5*1H/q5*-2;;;;;;;5*+2;;;;;/i;;;;;;;;;;;;;;;;4*1+1D;1+1. The summed E-state index contributed by atoms with van der Waals surface area (Å²) < 4.78 is 54.8. The number of nitrogens with two attached hydrogens (primary N) is 1. The van der Waals surface area contributed by atoms with Gasteiger partial charge >= 0.3 is 111 Å². The summed E-state index contributed by atoms with van der Waals surface area (Å²) in [6.45, 7) is 24.4. The van der Waals surface area contributed by atoms with Crippen LogP contribution in [0.2, 0.25) is 0 Å². The summed E-state index contributed by atoms with van der Waals surface area (Å²) in [4.78, 5) is 67.2. The first-order valence-corrected chi connectivity index (χ1v) is 29.0. The Hall–Kier alpha value is -4.10. The van der Waals surface area contributed by atoms with E-state index in [0.717, 1.165) is 47.8 Å². The van der Waals surface area contributed by atoms with E-state index in [1.165, 1.54) is 19.5 Å². The molecule has 4 N–H and O–H groups in total. The van der Waals surface area contributed by atoms with Crippen molar-refractivity contribution in [3.05, 3.63) is 216 Å². The number of hydrogen-bond donors (Lipinski definition) is 3. The molecule has 0 bridgehead atoms. The Labute approximate surface area is 667 Å². The zero-order valence-electron chi connectivity index (χ0n) is 59.3. The maximum absolute atomic E-state index is 11.4. The molecule has 0 aliphatic carbocycles. The Kier molecular flexibility index (Phi) is 71.5. The number of aliphatic carboxylic acids is 1. The summed E-state index contributed by atoms with van der Waals surface area (Å²) in [5.41, 5.74) is 13.5. The van der Waals surface area contributed by atoms with Crippen LogP contribution in [-0.2, 0) is 119 Å². The number of allylic oxidation sites excluding steroid dienone is 1. The van der Waals surface area contributed by atoms with Gasteiger partial charge in [0.1, 0.15) is 0 Å². The zero-order chi connectivity index (χ0) is 74.4. The number of terminal acetylenes is 1. The van der Waals surface area contributed by atoms with Crippen molar-refractivity contribution in [1.29, 1.82) is 0 Å². The topological polar surface area (TPSA) is 204 Å². The van der Waals surface area contributed by atoms with Crippen LogP contribution in [0.3, 0.4) is 0 Å². The second kappa shape index (κ2) is 66.5. The average Bonchev–Trinajstić information content (AvgIpc) is 1.70. The van der Waals surface area contributed by atoms with E-state index < -0.39 is 23.9 Å². The van der Waals surface area contributed by atoms with E-state index >= 15 is 0 Å². The van der Waals surface area contributed by atoms with Crippen LogP contribution in [0.4, 0.5) is 0 Å². The fraction of sp³-hybridized carbons (Fsp3) is 0.161. The molecule has 93 heavy (non-hydrogen) atoms. The first kappa shape index (κ1) is 99.9. The fourth-order valence-electron chi connectivity index (χ4n) is 4.85. The maximum Gasteiger partial charge on any atom is 2.00 e. The molecule has 31 heteroatoms. The third-order valence-corrected chi connectivity index (χ3v) is 9.00. The van der Waals surface area contributed by atoms with E-state index in [1.54, 1.807) is 62.4 Å². The minimum absolute atomic E-state index is 0. The van der Waals surface area contributed by atoms with Crippen LogP contribution in [0, 0.1) is 152 Å². The molecule has 5 aromatic carbocycles. The van der Waals surface area contributed by atoms with Crippen molar-refractivity contribution in [3.63, 3.8) is 0 Å². The van der Waals surface area contributed by atoms with E-state index in [1.807, 2.05) is 77.1 Å². The fourth-order valence-corrected chi connectivity index (χ4v) is 4.85. The molecular formula is C62H68B9Cl4N3O9PW5. The van der Waals surface area contributed by atoms with Gasteiger partial charge < -0.3 is 44.7 Å². The summed E-state index contributed by atoms with van der Waals surface area (Å²) in [6.07, 6.45) is 8.43. The van der Waals surface area contributed by atoms with Crippen LogP contribution < -0.4 is 11.1 Å². The monoisotopic (exact) mass is 2200 g/mol. The smallest absolute Gasteiger partial charge is 0.571 e. The summed E-state index contributed by atoms with van der Waals surface area (Å²) in [7, 11) is 27.5. The van der Waals surface area contributed by atoms with Crippen molar-refractivity contribution in [2.75, 3.05) is 0 Å². The first-order chi connectivity index (χ1) is 44.3. The molecule has 0 saturated heterocycles. The quantitative estimate of drug-likeness (QED) is 0.0263. The van der Waals surface area contributed by atoms with E-state index in [4.69, 9.17) is 77.0 Å². The molecule has 1 amide bonds. The number of nitrogens with one attached hydrogen (secondary N) is 1. The summed E-state index contributed by atoms with van der Waals surface area (Å²) in [6, 6.07) is 41.6. The molecule has 0 aliphatic heterocycles. The number of aromatic nitrogens is 1. The minimum atomic E-state index is -3.22. The number of ketones is 4. The normalized spacial score (nSPS) is 8.39. The Bertz CT molecular complexity index is 3380. The van der Waals surface area contributed by atoms with Crippen molar-refractivity contribution in [3.8, 4) is 59.2 Å². The number of carbonyl (C=O) groups is 6. The van der Waals surface area contributed by atoms with Gasteiger partial charge in [-0.1, -0.05) is 71.5 Å². The second-order valence-corrected chi connectivity index (χ2v) is 23.2. The molecule has 0 aliphatic rings. The molecule has 1 aromatic heterocycles. The number of carboxylic acids is 1. The molecule has 0 spiro atoms. The van der Waals surface area contributed by atoms with Gasteiger partial charge in [-0.15, -0.1) is 53.2 Å². The van der Waals surface area contributed by atoms with Gasteiger partial charge in [0.05, 0.1) is 5.89 Å². The van der Waals surface area contributed by atoms with Crippen molar-refractivity contribution in [2.45, 2.75) is 69.7 Å². The van der Waals surface area contributed by atoms with Gasteiger partial charge in [0.15, 0.2) is 0 Å². The zero-order valence-corrected chi connectivity index (χ0v) is 69.9. The minimum Gasteiger partial charge on any atom is -0.571 e. The second-order valence-electron chi connectivity index (χ2n) is 16.6. The first-order valence-electron chi connectivity index (χ1n) is 28.5. The number of carboxylic acid groups (broad SMARTS) is 1. The Morgan fingerprint density at radius 2 is 1.08 bits per heavy atom. The summed E-state index contributed by atoms with van der Waals surface area (Å²) >= 11 is 13.8. The number of aryl methyl sites for hydroxylation is 6. The SMILES string of the molecule is C.C#CC#CC#CC#CC.C=[C-]C(=O)c1[c-]cc(C)cc1.CC(=O)N[CH-]C(=O)c1[c-]cc(C)cc1.CC(=O)O.Cc1c[c-]c(-c2[c-]nc(C)o2)cc1.Cc1c[c-]c(C(=O)[CH-]N)cc1.Cl.O=P(Cl)(Cl)Cl.[2HH].[2H][2H].[2H][2H].[2H][2H].[2H][2H].[B][B]B(B([B])[B])B([B])[B].[CH2-]C(=O)c1[c-]cc(C)cc1.[W+2].[W+2].[W+2].[W+2].[W+2]. The van der Waals surface area contributed by atoms with Gasteiger partial charge in [0.2, 0.25) is 5.91 Å². The van der Waals surface area contributed by atoms with E-state index in [2.05, 4.69) is 142 Å². The molecule has 475 valence electrons. The molecule has 6 aromatic rings. The van der Waals surface area contributed by atoms with E-state index in [0.29, 0.717) is 33.9 Å². The number of carbonyl (C=O) groups excluding carboxylic acids is 5. The molecule has 0 fully saturated rings. The Morgan fingerprint density at radius 1 is 0.720 bits per heavy atom. The molecule has 1 heterocycles. The number of Topliss-reactive ketones (excluding diaryl/α,β-unsaturated/α-hetero) is 4. The van der Waals surface area contributed by atoms with Crippen molar-refractivity contribution in [1.82, 2.24) is 10.3 Å². The maximum atomic E-state index is 11.4. The van der Waals surface area contributed by atoms with E-state index in [9.17, 15) is 28.5 Å². The summed E-state index contributed by atoms with van der Waals surface area (Å²) in [5.74, 6) is 16.3. The largest absolute Gasteiger partial charge is 2.00 e. The van der Waals surface area contributed by atoms with E-state index in [-0.39, 0.29) is 162 Å². The van der Waals surface area contributed by atoms with Gasteiger partial charge in [-0.3, -0.25) is 42.5 Å². The van der Waals surface area contributed by atoms with Gasteiger partial charge in [0, 0.05) is 92.1 Å². The third-order valence-electron chi connectivity index (χ3n) is 9.00. The average molecular weight is 2200 g/mol. The molecule has 6 rings (SSSR count). The third kappa shape index (κ3) is 65.0. The molecule has 0 unspecified atom stereocenters. The van der Waals surface area contributed by atoms with Gasteiger partial charge in [-0.2, -0.15) is 79.9 Å². The molecular weight excluding hydrogens is 2120 g/mol. The predicted molar refractivity (Wildman–Crippen MR) is 380 cm³/mol. The summed E-state index contributed by atoms with van der Waals surface area (Å²) in [5, 5.41) is 6.52. The number of oxazole rings is 1. The van der Waals surface area contributed by atoms with Crippen molar-refractivity contribution in [2.24, 2.45) is 5.73 Å². The molecule has 0 atom stereocenters. The number of halogens is 4. The number of hydrogen-bond acceptors (Lipinski definition) is 10. The number of rotatable bonds is 12. The van der Waals surface area contributed by atoms with Crippen LogP contribution in [0.1, 0.15) is 117 Å². The van der Waals surface area contributed by atoms with Gasteiger partial charge in [-0.25, -0.2) is 67.1 Å². The Balaban J connectivity index is -0.0000000636. The van der Waals surface area contributed by atoms with Crippen LogP contribution in [0.15, 0.2) is 102 Å². The molecule has 11 radical (unpaired) electrons. The van der Waals surface area contributed by atoms with Gasteiger partial charge in [0.25, 0.3) is 5.97 Å². The van der Waals surface area contributed by atoms with Crippen LogP contribution in [0.5, 0.6) is 0 Å². The van der Waals surface area contributed by atoms with Crippen LogP contribution >= 0.6 is 51.3 Å². The van der Waals surface area contributed by atoms with Crippen molar-refractivity contribution >= 4 is 151 Å². The number of amides is 1. The Morgan fingerprint density at radius 3 is 1.34 bits per heavy atom. The van der Waals surface area contributed by atoms with Gasteiger partial charge in [-0.05, 0) is 94.7 Å². The number of benzene rings is 5. The van der Waals surface area contributed by atoms with Crippen molar-refractivity contribution < 1.29 is 161 Å². The van der Waals surface area contributed by atoms with Crippen LogP contribution in [0.25, 0.3) is 11.3 Å². The number of nitrogens with zero attached hydrogens (tertiary/aromatic N) is 1. The van der Waals surface area contributed by atoms with Crippen LogP contribution in [-0.4, -0.2) is 110 Å². The molecule has 12 nitrogen and oxygen atoms in total.